The topological polar surface area (TPSA) is 66.4 Å². The summed E-state index contributed by atoms with van der Waals surface area (Å²) in [7, 11) is -3.34. The maximum absolute atomic E-state index is 11.7. The highest BCUT2D eigenvalue weighted by atomic mass is 32.2. The van der Waals surface area contributed by atoms with Gasteiger partial charge in [-0.3, -0.25) is 0 Å². The van der Waals surface area contributed by atoms with Crippen LogP contribution in [0.2, 0.25) is 0 Å². The van der Waals surface area contributed by atoms with E-state index in [2.05, 4.69) is 4.72 Å². The van der Waals surface area contributed by atoms with Crippen LogP contribution in [0, 0.1) is 0 Å². The van der Waals surface area contributed by atoms with Crippen molar-refractivity contribution in [1.82, 2.24) is 4.72 Å². The lowest BCUT2D eigenvalue weighted by Crippen LogP contribution is -2.38. The van der Waals surface area contributed by atoms with Crippen LogP contribution in [0.25, 0.3) is 0 Å². The zero-order chi connectivity index (χ0) is 12.4. The van der Waals surface area contributed by atoms with Gasteiger partial charge in [0.05, 0.1) is 4.75 Å². The molecule has 0 saturated carbocycles. The molecule has 0 saturated heterocycles. The monoisotopic (exact) mass is 243 g/mol. The van der Waals surface area contributed by atoms with Gasteiger partial charge in [0.15, 0.2) is 0 Å². The highest BCUT2D eigenvalue weighted by Crippen LogP contribution is 2.15. The Balaban J connectivity index is 2.73. The molecule has 0 aromatic heterocycles. The summed E-state index contributed by atoms with van der Waals surface area (Å²) in [5.74, 6) is 0.132. The van der Waals surface area contributed by atoms with Crippen LogP contribution < -0.4 is 4.72 Å². The summed E-state index contributed by atoms with van der Waals surface area (Å²) in [6, 6.07) is 6.51. The molecule has 0 bridgehead atoms. The van der Waals surface area contributed by atoms with Crippen LogP contribution in [0.15, 0.2) is 24.3 Å². The van der Waals surface area contributed by atoms with Gasteiger partial charge in [-0.15, -0.1) is 0 Å². The molecule has 0 spiro atoms. The molecule has 0 radical (unpaired) electrons. The highest BCUT2D eigenvalue weighted by Gasteiger charge is 2.28. The minimum atomic E-state index is -3.34. The van der Waals surface area contributed by atoms with Gasteiger partial charge in [0, 0.05) is 6.54 Å². The predicted octanol–water partition coefficient (Wildman–Crippen LogP) is 1.61. The molecule has 0 amide bonds. The molecule has 0 heterocycles. The number of rotatable bonds is 3. The zero-order valence-corrected chi connectivity index (χ0v) is 10.5. The molecule has 0 aliphatic rings. The van der Waals surface area contributed by atoms with Gasteiger partial charge >= 0.3 is 0 Å². The number of aromatic hydroxyl groups is 1. The minimum Gasteiger partial charge on any atom is -0.508 e. The Morgan fingerprint density at radius 1 is 1.31 bits per heavy atom. The van der Waals surface area contributed by atoms with E-state index in [1.807, 2.05) is 0 Å². The summed E-state index contributed by atoms with van der Waals surface area (Å²) >= 11 is 0. The van der Waals surface area contributed by atoms with Gasteiger partial charge in [-0.05, 0) is 38.5 Å². The van der Waals surface area contributed by atoms with Crippen molar-refractivity contribution < 1.29 is 13.5 Å². The van der Waals surface area contributed by atoms with Crippen molar-refractivity contribution in [2.45, 2.75) is 32.1 Å². The van der Waals surface area contributed by atoms with E-state index in [-0.39, 0.29) is 12.3 Å². The first kappa shape index (κ1) is 13.0. The fourth-order valence-corrected chi connectivity index (χ4v) is 1.85. The van der Waals surface area contributed by atoms with Crippen LogP contribution in [0.3, 0.4) is 0 Å². The number of benzene rings is 1. The summed E-state index contributed by atoms with van der Waals surface area (Å²) in [5, 5.41) is 9.23. The van der Waals surface area contributed by atoms with Crippen LogP contribution in [0.1, 0.15) is 26.3 Å². The maximum atomic E-state index is 11.7. The molecule has 0 aliphatic carbocycles. The molecule has 0 unspecified atom stereocenters. The molecule has 16 heavy (non-hydrogen) atoms. The van der Waals surface area contributed by atoms with Gasteiger partial charge in [-0.2, -0.15) is 0 Å². The lowest BCUT2D eigenvalue weighted by atomic mass is 10.2. The van der Waals surface area contributed by atoms with Crippen molar-refractivity contribution >= 4 is 10.0 Å². The third-order valence-corrected chi connectivity index (χ3v) is 4.32. The third-order valence-electron chi connectivity index (χ3n) is 2.18. The highest BCUT2D eigenvalue weighted by molar-refractivity contribution is 7.90. The Labute approximate surface area is 96.4 Å². The van der Waals surface area contributed by atoms with E-state index in [0.29, 0.717) is 0 Å². The predicted molar refractivity (Wildman–Crippen MR) is 63.6 cm³/mol. The van der Waals surface area contributed by atoms with Crippen molar-refractivity contribution in [3.05, 3.63) is 29.8 Å². The zero-order valence-electron chi connectivity index (χ0n) is 9.69. The number of nitrogens with one attached hydrogen (secondary N) is 1. The Kier molecular flexibility index (Phi) is 3.60. The molecular weight excluding hydrogens is 226 g/mol. The van der Waals surface area contributed by atoms with Gasteiger partial charge in [0.25, 0.3) is 0 Å². The van der Waals surface area contributed by atoms with E-state index in [1.54, 1.807) is 39.0 Å². The third kappa shape index (κ3) is 3.21. The van der Waals surface area contributed by atoms with Crippen LogP contribution in [0.4, 0.5) is 0 Å². The van der Waals surface area contributed by atoms with E-state index >= 15 is 0 Å². The van der Waals surface area contributed by atoms with Gasteiger partial charge in [-0.25, -0.2) is 13.1 Å². The van der Waals surface area contributed by atoms with Crippen molar-refractivity contribution in [1.29, 1.82) is 0 Å². The van der Waals surface area contributed by atoms with Crippen molar-refractivity contribution in [2.75, 3.05) is 0 Å². The second-order valence-electron chi connectivity index (χ2n) is 4.61. The minimum absolute atomic E-state index is 0.132. The summed E-state index contributed by atoms with van der Waals surface area (Å²) in [4.78, 5) is 0. The standard InChI is InChI=1S/C11H17NO3S/c1-11(2,3)16(14,15)12-8-9-5-4-6-10(13)7-9/h4-7,12-13H,8H2,1-3H3. The summed E-state index contributed by atoms with van der Waals surface area (Å²) < 4.78 is 25.1. The Hall–Kier alpha value is -1.07. The van der Waals surface area contributed by atoms with E-state index in [9.17, 15) is 13.5 Å². The van der Waals surface area contributed by atoms with Crippen molar-refractivity contribution in [2.24, 2.45) is 0 Å². The molecule has 2 N–H and O–H groups in total. The first-order chi connectivity index (χ1) is 7.22. The number of sulfonamides is 1. The number of phenols is 1. The molecule has 0 fully saturated rings. The average Bonchev–Trinajstić information content (AvgIpc) is 2.13. The van der Waals surface area contributed by atoms with Crippen LogP contribution in [-0.2, 0) is 16.6 Å². The van der Waals surface area contributed by atoms with E-state index in [4.69, 9.17) is 0 Å². The SMILES string of the molecule is CC(C)(C)S(=O)(=O)NCc1cccc(O)c1. The molecule has 90 valence electrons. The smallest absolute Gasteiger partial charge is 0.216 e. The van der Waals surface area contributed by atoms with E-state index in [1.165, 1.54) is 6.07 Å². The fraction of sp³-hybridized carbons (Fsp3) is 0.455. The average molecular weight is 243 g/mol. The lowest BCUT2D eigenvalue weighted by molar-refractivity contribution is 0.474. The number of hydrogen-bond acceptors (Lipinski definition) is 3. The van der Waals surface area contributed by atoms with Gasteiger partial charge in [0.2, 0.25) is 10.0 Å². The van der Waals surface area contributed by atoms with Crippen molar-refractivity contribution in [3.63, 3.8) is 0 Å². The second kappa shape index (κ2) is 4.43. The Bertz CT molecular complexity index is 460. The molecule has 4 nitrogen and oxygen atoms in total. The van der Waals surface area contributed by atoms with Crippen molar-refractivity contribution in [3.8, 4) is 5.75 Å². The molecule has 5 heteroatoms. The largest absolute Gasteiger partial charge is 0.508 e. The van der Waals surface area contributed by atoms with Crippen LogP contribution in [-0.4, -0.2) is 18.3 Å². The molecule has 0 atom stereocenters. The molecule has 1 rings (SSSR count). The summed E-state index contributed by atoms with van der Waals surface area (Å²) in [6.07, 6.45) is 0. The van der Waals surface area contributed by atoms with Gasteiger partial charge in [0.1, 0.15) is 5.75 Å². The van der Waals surface area contributed by atoms with Crippen LogP contribution >= 0.6 is 0 Å². The molecular formula is C11H17NO3S. The van der Waals surface area contributed by atoms with E-state index < -0.39 is 14.8 Å². The normalized spacial score (nSPS) is 12.7. The number of phenolic OH excluding ortho intramolecular Hbond substituents is 1. The first-order valence-corrected chi connectivity index (χ1v) is 6.48. The van der Waals surface area contributed by atoms with Crippen LogP contribution in [0.5, 0.6) is 5.75 Å². The Morgan fingerprint density at radius 3 is 2.44 bits per heavy atom. The molecule has 1 aromatic carbocycles. The molecule has 0 aliphatic heterocycles. The van der Waals surface area contributed by atoms with Gasteiger partial charge in [-0.1, -0.05) is 12.1 Å². The maximum Gasteiger partial charge on any atom is 0.216 e. The molecule has 1 aromatic rings. The quantitative estimate of drug-likeness (QED) is 0.847. The van der Waals surface area contributed by atoms with E-state index in [0.717, 1.165) is 5.56 Å². The Morgan fingerprint density at radius 2 is 1.94 bits per heavy atom. The summed E-state index contributed by atoms with van der Waals surface area (Å²) in [6.45, 7) is 5.10. The second-order valence-corrected chi connectivity index (χ2v) is 7.13. The lowest BCUT2D eigenvalue weighted by Gasteiger charge is -2.19. The number of hydrogen-bond donors (Lipinski definition) is 2. The first-order valence-electron chi connectivity index (χ1n) is 4.99. The fourth-order valence-electron chi connectivity index (χ4n) is 1.06. The summed E-state index contributed by atoms with van der Waals surface area (Å²) in [5.41, 5.74) is 0.729. The van der Waals surface area contributed by atoms with Gasteiger partial charge < -0.3 is 5.11 Å².